The number of rotatable bonds is 4. The topological polar surface area (TPSA) is 70.6 Å². The number of nitrogens with zero attached hydrogens (tertiary/aromatic N) is 3. The zero-order valence-corrected chi connectivity index (χ0v) is 18.1. The van der Waals surface area contributed by atoms with Crippen molar-refractivity contribution in [2.75, 3.05) is 36.8 Å². The van der Waals surface area contributed by atoms with Crippen LogP contribution in [-0.4, -0.2) is 56.1 Å². The van der Waals surface area contributed by atoms with Crippen molar-refractivity contribution >= 4 is 42.4 Å². The minimum absolute atomic E-state index is 0.187. The highest BCUT2D eigenvalue weighted by atomic mass is 32.2. The predicted octanol–water partition coefficient (Wildman–Crippen LogP) is 3.04. The number of thiazole rings is 1. The number of aromatic nitrogens is 1. The Morgan fingerprint density at radius 3 is 2.38 bits per heavy atom. The number of fused-ring (bicyclic) bond motifs is 1. The third kappa shape index (κ3) is 4.13. The normalized spacial score (nSPS) is 15.1. The smallest absolute Gasteiger partial charge is 0.238 e. The number of aryl methyl sites for hydroxylation is 2. The van der Waals surface area contributed by atoms with Crippen LogP contribution >= 0.6 is 11.3 Å². The van der Waals surface area contributed by atoms with Crippen LogP contribution in [0.4, 0.5) is 5.13 Å². The van der Waals surface area contributed by atoms with Gasteiger partial charge in [0.25, 0.3) is 0 Å². The summed E-state index contributed by atoms with van der Waals surface area (Å²) in [5, 5.41) is 0.953. The van der Waals surface area contributed by atoms with Crippen LogP contribution in [0.2, 0.25) is 0 Å². The summed E-state index contributed by atoms with van der Waals surface area (Å²) < 4.78 is 26.1. The van der Waals surface area contributed by atoms with Gasteiger partial charge in [-0.25, -0.2) is 13.4 Å². The number of carbonyl (C=O) groups is 1. The molecule has 8 heteroatoms. The van der Waals surface area contributed by atoms with Gasteiger partial charge in [0.2, 0.25) is 5.91 Å². The molecule has 3 aromatic rings. The van der Waals surface area contributed by atoms with Crippen molar-refractivity contribution < 1.29 is 13.2 Å². The molecule has 4 rings (SSSR count). The summed E-state index contributed by atoms with van der Waals surface area (Å²) in [7, 11) is -3.62. The van der Waals surface area contributed by atoms with Crippen molar-refractivity contribution in [3.63, 3.8) is 0 Å². The highest BCUT2D eigenvalue weighted by molar-refractivity contribution is 7.92. The van der Waals surface area contributed by atoms with Crippen molar-refractivity contribution in [1.82, 2.24) is 9.88 Å². The number of amides is 1. The van der Waals surface area contributed by atoms with E-state index >= 15 is 0 Å². The second kappa shape index (κ2) is 7.76. The average molecular weight is 430 g/mol. The molecule has 1 aliphatic heterocycles. The van der Waals surface area contributed by atoms with Gasteiger partial charge < -0.3 is 9.80 Å². The molecule has 2 heterocycles. The first-order valence-electron chi connectivity index (χ1n) is 9.52. The predicted molar refractivity (Wildman–Crippen MR) is 116 cm³/mol. The molecule has 0 saturated carbocycles. The second-order valence-electron chi connectivity index (χ2n) is 7.34. The number of hydrogen-bond acceptors (Lipinski definition) is 6. The Labute approximate surface area is 174 Å². The maximum Gasteiger partial charge on any atom is 0.238 e. The molecule has 0 bridgehead atoms. The van der Waals surface area contributed by atoms with E-state index in [0.29, 0.717) is 26.2 Å². The summed E-state index contributed by atoms with van der Waals surface area (Å²) in [6, 6.07) is 12.4. The van der Waals surface area contributed by atoms with Crippen LogP contribution in [0.5, 0.6) is 0 Å². The summed E-state index contributed by atoms with van der Waals surface area (Å²) in [6.45, 7) is 6.47. The summed E-state index contributed by atoms with van der Waals surface area (Å²) in [5.74, 6) is -0.833. The molecule has 1 saturated heterocycles. The van der Waals surface area contributed by atoms with Gasteiger partial charge in [0.15, 0.2) is 15.0 Å². The number of anilines is 1. The number of sulfone groups is 1. The minimum atomic E-state index is -3.62. The van der Waals surface area contributed by atoms with Crippen molar-refractivity contribution in [2.24, 2.45) is 0 Å². The zero-order valence-electron chi connectivity index (χ0n) is 16.5. The Bertz CT molecular complexity index is 1110. The van der Waals surface area contributed by atoms with E-state index in [0.717, 1.165) is 15.3 Å². The Morgan fingerprint density at radius 1 is 1.03 bits per heavy atom. The van der Waals surface area contributed by atoms with Crippen LogP contribution in [-0.2, 0) is 14.6 Å². The molecule has 1 aromatic heterocycles. The van der Waals surface area contributed by atoms with Crippen LogP contribution < -0.4 is 4.90 Å². The molecule has 29 heavy (non-hydrogen) atoms. The Kier molecular flexibility index (Phi) is 5.31. The van der Waals surface area contributed by atoms with Crippen LogP contribution in [0.3, 0.4) is 0 Å². The van der Waals surface area contributed by atoms with Crippen LogP contribution in [0.25, 0.3) is 10.2 Å². The van der Waals surface area contributed by atoms with Crippen LogP contribution in [0.15, 0.2) is 47.4 Å². The highest BCUT2D eigenvalue weighted by Gasteiger charge is 2.27. The van der Waals surface area contributed by atoms with Crippen molar-refractivity contribution in [3.8, 4) is 0 Å². The molecule has 0 N–H and O–H groups in total. The van der Waals surface area contributed by atoms with E-state index in [1.54, 1.807) is 34.4 Å². The first-order chi connectivity index (χ1) is 13.8. The van der Waals surface area contributed by atoms with Gasteiger partial charge in [-0.3, -0.25) is 4.79 Å². The molecule has 2 aromatic carbocycles. The molecule has 0 unspecified atom stereocenters. The van der Waals surface area contributed by atoms with Gasteiger partial charge in [0.05, 0.1) is 15.1 Å². The quantitative estimate of drug-likeness (QED) is 0.638. The molecule has 0 radical (unpaired) electrons. The lowest BCUT2D eigenvalue weighted by atomic mass is 10.1. The minimum Gasteiger partial charge on any atom is -0.345 e. The fraction of sp³-hybridized carbons (Fsp3) is 0.333. The van der Waals surface area contributed by atoms with Gasteiger partial charge in [-0.05, 0) is 49.2 Å². The van der Waals surface area contributed by atoms with Gasteiger partial charge in [-0.15, -0.1) is 0 Å². The van der Waals surface area contributed by atoms with E-state index in [1.165, 1.54) is 23.3 Å². The fourth-order valence-electron chi connectivity index (χ4n) is 3.42. The van der Waals surface area contributed by atoms with Gasteiger partial charge in [0, 0.05) is 26.2 Å². The molecule has 0 spiro atoms. The molecule has 152 valence electrons. The molecule has 1 amide bonds. The van der Waals surface area contributed by atoms with Crippen molar-refractivity contribution in [2.45, 2.75) is 18.7 Å². The average Bonchev–Trinajstić information content (AvgIpc) is 3.11. The summed E-state index contributed by atoms with van der Waals surface area (Å²) in [5.41, 5.74) is 3.48. The molecule has 0 atom stereocenters. The van der Waals surface area contributed by atoms with E-state index < -0.39 is 15.6 Å². The molecule has 1 aliphatic rings. The molecular weight excluding hydrogens is 406 g/mol. The summed E-state index contributed by atoms with van der Waals surface area (Å²) >= 11 is 1.66. The van der Waals surface area contributed by atoms with Crippen molar-refractivity contribution in [1.29, 1.82) is 0 Å². The maximum atomic E-state index is 12.6. The highest BCUT2D eigenvalue weighted by Crippen LogP contribution is 2.31. The number of carbonyl (C=O) groups excluding carboxylic acids is 1. The number of hydrogen-bond donors (Lipinski definition) is 0. The third-order valence-corrected chi connectivity index (χ3v) is 8.01. The SMILES string of the molecule is Cc1cc2nc(N3CCN(C(=O)CS(=O)(=O)c4ccccc4)CC3)sc2cc1C. The van der Waals surface area contributed by atoms with Gasteiger partial charge in [-0.2, -0.15) is 0 Å². The first kappa shape index (κ1) is 19.8. The maximum absolute atomic E-state index is 12.6. The lowest BCUT2D eigenvalue weighted by Gasteiger charge is -2.34. The van der Waals surface area contributed by atoms with Crippen LogP contribution in [0.1, 0.15) is 11.1 Å². The van der Waals surface area contributed by atoms with E-state index in [4.69, 9.17) is 4.98 Å². The lowest BCUT2D eigenvalue weighted by molar-refractivity contribution is -0.128. The van der Waals surface area contributed by atoms with E-state index in [-0.39, 0.29) is 10.8 Å². The van der Waals surface area contributed by atoms with Gasteiger partial charge in [-0.1, -0.05) is 29.5 Å². The third-order valence-electron chi connectivity index (χ3n) is 5.31. The molecule has 0 aliphatic carbocycles. The number of benzene rings is 2. The zero-order chi connectivity index (χ0) is 20.6. The van der Waals surface area contributed by atoms with E-state index in [9.17, 15) is 13.2 Å². The molecule has 6 nitrogen and oxygen atoms in total. The lowest BCUT2D eigenvalue weighted by Crippen LogP contribution is -2.50. The van der Waals surface area contributed by atoms with Crippen molar-refractivity contribution in [3.05, 3.63) is 53.6 Å². The Hall–Kier alpha value is -2.45. The summed E-state index contributed by atoms with van der Waals surface area (Å²) in [4.78, 5) is 21.3. The molecule has 1 fully saturated rings. The second-order valence-corrected chi connectivity index (χ2v) is 10.3. The first-order valence-corrected chi connectivity index (χ1v) is 12.0. The van der Waals surface area contributed by atoms with E-state index in [2.05, 4.69) is 30.9 Å². The molecular formula is C21H23N3O3S2. The van der Waals surface area contributed by atoms with Crippen LogP contribution in [0, 0.1) is 13.8 Å². The largest absolute Gasteiger partial charge is 0.345 e. The summed E-state index contributed by atoms with van der Waals surface area (Å²) in [6.07, 6.45) is 0. The van der Waals surface area contributed by atoms with Gasteiger partial charge in [0.1, 0.15) is 5.75 Å². The van der Waals surface area contributed by atoms with Gasteiger partial charge >= 0.3 is 0 Å². The van der Waals surface area contributed by atoms with E-state index in [1.807, 2.05) is 0 Å². The number of piperazine rings is 1. The monoisotopic (exact) mass is 429 g/mol. The Morgan fingerprint density at radius 2 is 1.69 bits per heavy atom. The fourth-order valence-corrected chi connectivity index (χ4v) is 5.76. The Balaban J connectivity index is 1.41. The standard InChI is InChI=1S/C21H23N3O3S2/c1-15-12-18-19(13-16(15)2)28-21(22-18)24-10-8-23(9-11-24)20(25)14-29(26,27)17-6-4-3-5-7-17/h3-7,12-13H,8-11,14H2,1-2H3.